The second kappa shape index (κ2) is 4.12. The fourth-order valence-electron chi connectivity index (χ4n) is 1.36. The van der Waals surface area contributed by atoms with Gasteiger partial charge in [-0.3, -0.25) is 4.57 Å². The van der Waals surface area contributed by atoms with Gasteiger partial charge in [-0.1, -0.05) is 15.9 Å². The van der Waals surface area contributed by atoms with Crippen LogP contribution in [0.4, 0.5) is 0 Å². The molecule has 0 atom stereocenters. The van der Waals surface area contributed by atoms with E-state index in [2.05, 4.69) is 26.1 Å². The van der Waals surface area contributed by atoms with Gasteiger partial charge >= 0.3 is 0 Å². The van der Waals surface area contributed by atoms with Crippen molar-refractivity contribution in [2.75, 3.05) is 0 Å². The topological polar surface area (TPSA) is 50.9 Å². The summed E-state index contributed by atoms with van der Waals surface area (Å²) in [5.41, 5.74) is 2.08. The molecule has 1 heterocycles. The number of aryl methyl sites for hydroxylation is 1. The number of benzene rings is 1. The minimum atomic E-state index is -0.116. The number of nitrogens with zero attached hydrogens (tertiary/aromatic N) is 3. The van der Waals surface area contributed by atoms with Gasteiger partial charge in [0.05, 0.1) is 0 Å². The lowest BCUT2D eigenvalue weighted by Gasteiger charge is -2.06. The first-order valence-corrected chi connectivity index (χ1v) is 5.28. The van der Waals surface area contributed by atoms with Crippen molar-refractivity contribution < 1.29 is 5.11 Å². The SMILES string of the molecule is Cc1cc(-n2cnnc2CO)ccc1Br. The predicted molar refractivity (Wildman–Crippen MR) is 59.7 cm³/mol. The maximum Gasteiger partial charge on any atom is 0.163 e. The van der Waals surface area contributed by atoms with Gasteiger partial charge in [0, 0.05) is 10.2 Å². The Morgan fingerprint density at radius 2 is 2.27 bits per heavy atom. The fourth-order valence-corrected chi connectivity index (χ4v) is 1.61. The minimum absolute atomic E-state index is 0.116. The van der Waals surface area contributed by atoms with Crippen LogP contribution in [0.25, 0.3) is 5.69 Å². The van der Waals surface area contributed by atoms with Gasteiger partial charge in [0.25, 0.3) is 0 Å². The van der Waals surface area contributed by atoms with Crippen LogP contribution in [0.5, 0.6) is 0 Å². The molecule has 1 aromatic carbocycles. The molecule has 0 saturated heterocycles. The molecule has 0 aliphatic carbocycles. The molecule has 0 unspecified atom stereocenters. The number of aromatic nitrogens is 3. The van der Waals surface area contributed by atoms with Crippen molar-refractivity contribution in [1.82, 2.24) is 14.8 Å². The summed E-state index contributed by atoms with van der Waals surface area (Å²) in [6.45, 7) is 1.89. The maximum atomic E-state index is 9.06. The standard InChI is InChI=1S/C10H10BrN3O/c1-7-4-8(2-3-9(7)11)14-6-12-13-10(14)5-15/h2-4,6,15H,5H2,1H3. The lowest BCUT2D eigenvalue weighted by Crippen LogP contribution is -2.00. The zero-order valence-corrected chi connectivity index (χ0v) is 9.77. The Labute approximate surface area is 95.7 Å². The summed E-state index contributed by atoms with van der Waals surface area (Å²) in [5.74, 6) is 0.539. The summed E-state index contributed by atoms with van der Waals surface area (Å²) in [7, 11) is 0. The molecule has 2 aromatic rings. The van der Waals surface area contributed by atoms with E-state index in [4.69, 9.17) is 5.11 Å². The van der Waals surface area contributed by atoms with Crippen molar-refractivity contribution >= 4 is 15.9 Å². The van der Waals surface area contributed by atoms with E-state index in [9.17, 15) is 0 Å². The molecule has 2 rings (SSSR count). The summed E-state index contributed by atoms with van der Waals surface area (Å²) < 4.78 is 2.82. The third-order valence-electron chi connectivity index (χ3n) is 2.18. The molecule has 1 aromatic heterocycles. The van der Waals surface area contributed by atoms with Gasteiger partial charge in [-0.15, -0.1) is 10.2 Å². The van der Waals surface area contributed by atoms with Gasteiger partial charge in [-0.25, -0.2) is 0 Å². The Kier molecular flexibility index (Phi) is 2.83. The smallest absolute Gasteiger partial charge is 0.163 e. The van der Waals surface area contributed by atoms with Crippen molar-refractivity contribution in [3.05, 3.63) is 40.4 Å². The van der Waals surface area contributed by atoms with Crippen molar-refractivity contribution in [2.24, 2.45) is 0 Å². The van der Waals surface area contributed by atoms with Crippen molar-refractivity contribution in [1.29, 1.82) is 0 Å². The van der Waals surface area contributed by atoms with Gasteiger partial charge in [-0.05, 0) is 30.7 Å². The van der Waals surface area contributed by atoms with Crippen molar-refractivity contribution in [2.45, 2.75) is 13.5 Å². The highest BCUT2D eigenvalue weighted by molar-refractivity contribution is 9.10. The van der Waals surface area contributed by atoms with Gasteiger partial charge < -0.3 is 5.11 Å². The fraction of sp³-hybridized carbons (Fsp3) is 0.200. The third-order valence-corrected chi connectivity index (χ3v) is 3.07. The summed E-state index contributed by atoms with van der Waals surface area (Å²) in [6, 6.07) is 5.91. The molecule has 0 saturated carbocycles. The van der Waals surface area contributed by atoms with E-state index >= 15 is 0 Å². The molecule has 0 fully saturated rings. The molecule has 4 nitrogen and oxygen atoms in total. The normalized spacial score (nSPS) is 10.6. The molecular formula is C10H10BrN3O. The highest BCUT2D eigenvalue weighted by Gasteiger charge is 2.05. The van der Waals surface area contributed by atoms with Gasteiger partial charge in [0.1, 0.15) is 12.9 Å². The number of halogens is 1. The Morgan fingerprint density at radius 1 is 1.47 bits per heavy atom. The largest absolute Gasteiger partial charge is 0.388 e. The molecule has 15 heavy (non-hydrogen) atoms. The van der Waals surface area contributed by atoms with Crippen molar-refractivity contribution in [3.63, 3.8) is 0 Å². The molecule has 0 aliphatic rings. The zero-order valence-electron chi connectivity index (χ0n) is 8.18. The van der Waals surface area contributed by atoms with E-state index in [0.717, 1.165) is 15.7 Å². The first-order valence-electron chi connectivity index (χ1n) is 4.48. The molecule has 0 amide bonds. The maximum absolute atomic E-state index is 9.06. The van der Waals surface area contributed by atoms with Gasteiger partial charge in [-0.2, -0.15) is 0 Å². The average Bonchev–Trinajstić information content (AvgIpc) is 2.70. The van der Waals surface area contributed by atoms with E-state index in [1.165, 1.54) is 0 Å². The molecule has 1 N–H and O–H groups in total. The van der Waals surface area contributed by atoms with E-state index < -0.39 is 0 Å². The lowest BCUT2D eigenvalue weighted by atomic mass is 10.2. The molecule has 0 radical (unpaired) electrons. The van der Waals surface area contributed by atoms with Crippen LogP contribution in [0.2, 0.25) is 0 Å². The molecule has 78 valence electrons. The van der Waals surface area contributed by atoms with Crippen molar-refractivity contribution in [3.8, 4) is 5.69 Å². The number of hydrogen-bond acceptors (Lipinski definition) is 3. The predicted octanol–water partition coefficient (Wildman–Crippen LogP) is 1.83. The Balaban J connectivity index is 2.50. The summed E-state index contributed by atoms with van der Waals surface area (Å²) >= 11 is 3.44. The zero-order chi connectivity index (χ0) is 10.8. The highest BCUT2D eigenvalue weighted by atomic mass is 79.9. The van der Waals surface area contributed by atoms with Crippen LogP contribution in [0.15, 0.2) is 29.0 Å². The second-order valence-corrected chi connectivity index (χ2v) is 4.06. The van der Waals surface area contributed by atoms with Crippen LogP contribution < -0.4 is 0 Å². The Morgan fingerprint density at radius 3 is 2.93 bits per heavy atom. The molecule has 0 spiro atoms. The lowest BCUT2D eigenvalue weighted by molar-refractivity contribution is 0.269. The van der Waals surface area contributed by atoms with E-state index in [1.807, 2.05) is 25.1 Å². The summed E-state index contributed by atoms with van der Waals surface area (Å²) in [5, 5.41) is 16.6. The monoisotopic (exact) mass is 267 g/mol. The minimum Gasteiger partial charge on any atom is -0.388 e. The second-order valence-electron chi connectivity index (χ2n) is 3.21. The van der Waals surface area contributed by atoms with Crippen LogP contribution in [0.3, 0.4) is 0 Å². The number of rotatable bonds is 2. The number of aliphatic hydroxyl groups excluding tert-OH is 1. The number of aliphatic hydroxyl groups is 1. The summed E-state index contributed by atoms with van der Waals surface area (Å²) in [4.78, 5) is 0. The first-order chi connectivity index (χ1) is 7.22. The van der Waals surface area contributed by atoms with E-state index in [-0.39, 0.29) is 6.61 Å². The Hall–Kier alpha value is -1.20. The summed E-state index contributed by atoms with van der Waals surface area (Å²) in [6.07, 6.45) is 1.59. The van der Waals surface area contributed by atoms with Crippen LogP contribution in [-0.4, -0.2) is 19.9 Å². The molecule has 0 aliphatic heterocycles. The highest BCUT2D eigenvalue weighted by Crippen LogP contribution is 2.19. The molecule has 0 bridgehead atoms. The molecular weight excluding hydrogens is 258 g/mol. The van der Waals surface area contributed by atoms with Crippen LogP contribution >= 0.6 is 15.9 Å². The van der Waals surface area contributed by atoms with Crippen LogP contribution in [0, 0.1) is 6.92 Å². The first kappa shape index (κ1) is 10.3. The van der Waals surface area contributed by atoms with E-state index in [1.54, 1.807) is 10.9 Å². The molecule has 5 heteroatoms. The van der Waals surface area contributed by atoms with Crippen LogP contribution in [0.1, 0.15) is 11.4 Å². The van der Waals surface area contributed by atoms with Crippen LogP contribution in [-0.2, 0) is 6.61 Å². The van der Waals surface area contributed by atoms with Gasteiger partial charge in [0.15, 0.2) is 5.82 Å². The van der Waals surface area contributed by atoms with E-state index in [0.29, 0.717) is 5.82 Å². The Bertz CT molecular complexity index is 481. The quantitative estimate of drug-likeness (QED) is 0.904. The van der Waals surface area contributed by atoms with Gasteiger partial charge in [0.2, 0.25) is 0 Å². The average molecular weight is 268 g/mol. The number of hydrogen-bond donors (Lipinski definition) is 1. The third kappa shape index (κ3) is 1.93.